The highest BCUT2D eigenvalue weighted by molar-refractivity contribution is 7.17. The molecule has 0 aliphatic carbocycles. The van der Waals surface area contributed by atoms with Gasteiger partial charge < -0.3 is 10.8 Å². The van der Waals surface area contributed by atoms with Crippen molar-refractivity contribution in [2.75, 3.05) is 0 Å². The molecule has 1 heterocycles. The number of carboxylic acid groups (broad SMARTS) is 1. The fourth-order valence-corrected chi connectivity index (χ4v) is 2.94. The van der Waals surface area contributed by atoms with Crippen LogP contribution in [0, 0.1) is 0 Å². The van der Waals surface area contributed by atoms with Crippen molar-refractivity contribution < 1.29 is 9.90 Å². The first-order valence-electron chi connectivity index (χ1n) is 5.62. The SMILES string of the molecule is NC(CCCC(=O)O)c1csc2ccccc12. The first-order chi connectivity index (χ1) is 8.18. The first-order valence-corrected chi connectivity index (χ1v) is 6.50. The van der Waals surface area contributed by atoms with Crippen LogP contribution in [-0.4, -0.2) is 11.1 Å². The van der Waals surface area contributed by atoms with E-state index >= 15 is 0 Å². The van der Waals surface area contributed by atoms with E-state index < -0.39 is 5.97 Å². The topological polar surface area (TPSA) is 63.3 Å². The van der Waals surface area contributed by atoms with Crippen LogP contribution in [0.5, 0.6) is 0 Å². The minimum atomic E-state index is -0.757. The number of fused-ring (bicyclic) bond motifs is 1. The van der Waals surface area contributed by atoms with Crippen LogP contribution in [0.25, 0.3) is 10.1 Å². The fraction of sp³-hybridized carbons (Fsp3) is 0.308. The average molecular weight is 249 g/mol. The third kappa shape index (κ3) is 2.84. The Labute approximate surface area is 104 Å². The average Bonchev–Trinajstić information content (AvgIpc) is 2.72. The molecular formula is C13H15NO2S. The standard InChI is InChI=1S/C13H15NO2S/c14-11(5-3-7-13(15)16)10-8-17-12-6-2-1-4-9(10)12/h1-2,4,6,8,11H,3,5,7,14H2,(H,15,16). The molecule has 4 heteroatoms. The van der Waals surface area contributed by atoms with E-state index in [0.717, 1.165) is 5.56 Å². The number of aliphatic carboxylic acids is 1. The van der Waals surface area contributed by atoms with Crippen LogP contribution >= 0.6 is 11.3 Å². The molecule has 90 valence electrons. The number of hydrogen-bond donors (Lipinski definition) is 2. The van der Waals surface area contributed by atoms with E-state index in [9.17, 15) is 4.79 Å². The summed E-state index contributed by atoms with van der Waals surface area (Å²) in [5.41, 5.74) is 7.24. The van der Waals surface area contributed by atoms with E-state index in [1.165, 1.54) is 10.1 Å². The Bertz CT molecular complexity index is 521. The summed E-state index contributed by atoms with van der Waals surface area (Å²) in [6.45, 7) is 0. The van der Waals surface area contributed by atoms with Gasteiger partial charge in [-0.1, -0.05) is 18.2 Å². The first kappa shape index (κ1) is 12.1. The molecule has 0 bridgehead atoms. The van der Waals surface area contributed by atoms with Gasteiger partial charge in [0.2, 0.25) is 0 Å². The summed E-state index contributed by atoms with van der Waals surface area (Å²) >= 11 is 1.69. The van der Waals surface area contributed by atoms with Crippen LogP contribution in [0.15, 0.2) is 29.6 Å². The van der Waals surface area contributed by atoms with Gasteiger partial charge in [-0.05, 0) is 35.2 Å². The van der Waals surface area contributed by atoms with E-state index in [1.807, 2.05) is 12.1 Å². The van der Waals surface area contributed by atoms with Gasteiger partial charge in [-0.15, -0.1) is 11.3 Å². The van der Waals surface area contributed by atoms with Crippen LogP contribution in [0.3, 0.4) is 0 Å². The van der Waals surface area contributed by atoms with Crippen LogP contribution in [0.4, 0.5) is 0 Å². The van der Waals surface area contributed by atoms with Crippen LogP contribution in [-0.2, 0) is 4.79 Å². The third-order valence-electron chi connectivity index (χ3n) is 2.82. The van der Waals surface area contributed by atoms with E-state index in [4.69, 9.17) is 10.8 Å². The number of nitrogens with two attached hydrogens (primary N) is 1. The Hall–Kier alpha value is -1.39. The molecule has 1 atom stereocenters. The highest BCUT2D eigenvalue weighted by Crippen LogP contribution is 2.31. The minimum Gasteiger partial charge on any atom is -0.481 e. The minimum absolute atomic E-state index is 0.0644. The lowest BCUT2D eigenvalue weighted by atomic mass is 10.0. The number of rotatable bonds is 5. The number of benzene rings is 1. The highest BCUT2D eigenvalue weighted by atomic mass is 32.1. The second-order valence-corrected chi connectivity index (χ2v) is 4.99. The number of thiophene rings is 1. The maximum Gasteiger partial charge on any atom is 0.303 e. The summed E-state index contributed by atoms with van der Waals surface area (Å²) in [7, 11) is 0. The van der Waals surface area contributed by atoms with Crippen molar-refractivity contribution in [1.82, 2.24) is 0 Å². The lowest BCUT2D eigenvalue weighted by Gasteiger charge is -2.09. The molecule has 1 aromatic carbocycles. The number of carboxylic acids is 1. The van der Waals surface area contributed by atoms with Crippen molar-refractivity contribution in [2.45, 2.75) is 25.3 Å². The second-order valence-electron chi connectivity index (χ2n) is 4.08. The van der Waals surface area contributed by atoms with Gasteiger partial charge in [0.1, 0.15) is 0 Å². The van der Waals surface area contributed by atoms with E-state index in [2.05, 4.69) is 17.5 Å². The molecule has 1 unspecified atom stereocenters. The molecule has 2 aromatic rings. The molecule has 2 rings (SSSR count). The number of hydrogen-bond acceptors (Lipinski definition) is 3. The van der Waals surface area contributed by atoms with E-state index in [-0.39, 0.29) is 12.5 Å². The van der Waals surface area contributed by atoms with Gasteiger partial charge in [0.15, 0.2) is 0 Å². The van der Waals surface area contributed by atoms with Crippen molar-refractivity contribution >= 4 is 27.4 Å². The Morgan fingerprint density at radius 2 is 2.18 bits per heavy atom. The van der Waals surface area contributed by atoms with E-state index in [1.54, 1.807) is 11.3 Å². The van der Waals surface area contributed by atoms with Gasteiger partial charge in [-0.2, -0.15) is 0 Å². The summed E-state index contributed by atoms with van der Waals surface area (Å²) in [6.07, 6.45) is 1.53. The summed E-state index contributed by atoms with van der Waals surface area (Å²) in [5, 5.41) is 11.9. The van der Waals surface area contributed by atoms with E-state index in [0.29, 0.717) is 12.8 Å². The molecule has 0 aliphatic heterocycles. The second kappa shape index (κ2) is 5.29. The van der Waals surface area contributed by atoms with Crippen molar-refractivity contribution in [3.63, 3.8) is 0 Å². The molecule has 0 radical (unpaired) electrons. The molecule has 0 spiro atoms. The Balaban J connectivity index is 2.08. The number of carbonyl (C=O) groups is 1. The molecule has 0 amide bonds. The summed E-state index contributed by atoms with van der Waals surface area (Å²) in [6, 6.07) is 8.10. The lowest BCUT2D eigenvalue weighted by molar-refractivity contribution is -0.137. The maximum atomic E-state index is 10.4. The van der Waals surface area contributed by atoms with Gasteiger partial charge in [0.25, 0.3) is 0 Å². The van der Waals surface area contributed by atoms with Gasteiger partial charge in [0, 0.05) is 17.2 Å². The molecule has 3 nitrogen and oxygen atoms in total. The normalized spacial score (nSPS) is 12.8. The van der Waals surface area contributed by atoms with Crippen molar-refractivity contribution in [3.05, 3.63) is 35.2 Å². The predicted octanol–water partition coefficient (Wildman–Crippen LogP) is 3.16. The summed E-state index contributed by atoms with van der Waals surface area (Å²) in [4.78, 5) is 10.4. The molecule has 0 saturated heterocycles. The molecule has 3 N–H and O–H groups in total. The van der Waals surface area contributed by atoms with Crippen molar-refractivity contribution in [2.24, 2.45) is 5.73 Å². The molecule has 0 saturated carbocycles. The third-order valence-corrected chi connectivity index (χ3v) is 3.80. The van der Waals surface area contributed by atoms with Crippen LogP contribution in [0.2, 0.25) is 0 Å². The van der Waals surface area contributed by atoms with Gasteiger partial charge in [-0.25, -0.2) is 0 Å². The van der Waals surface area contributed by atoms with Crippen LogP contribution < -0.4 is 5.73 Å². The monoisotopic (exact) mass is 249 g/mol. The Morgan fingerprint density at radius 1 is 1.41 bits per heavy atom. The zero-order valence-corrected chi connectivity index (χ0v) is 10.2. The summed E-state index contributed by atoms with van der Waals surface area (Å²) in [5.74, 6) is -0.757. The predicted molar refractivity (Wildman–Crippen MR) is 70.2 cm³/mol. The van der Waals surface area contributed by atoms with Crippen LogP contribution in [0.1, 0.15) is 30.9 Å². The molecule has 0 fully saturated rings. The quantitative estimate of drug-likeness (QED) is 0.855. The largest absolute Gasteiger partial charge is 0.481 e. The Kier molecular flexibility index (Phi) is 3.76. The molecule has 1 aromatic heterocycles. The molecule has 17 heavy (non-hydrogen) atoms. The van der Waals surface area contributed by atoms with Crippen molar-refractivity contribution in [1.29, 1.82) is 0 Å². The fourth-order valence-electron chi connectivity index (χ4n) is 1.91. The molecule has 0 aliphatic rings. The Morgan fingerprint density at radius 3 is 2.94 bits per heavy atom. The smallest absolute Gasteiger partial charge is 0.303 e. The van der Waals surface area contributed by atoms with Gasteiger partial charge in [0.05, 0.1) is 0 Å². The summed E-state index contributed by atoms with van der Waals surface area (Å²) < 4.78 is 1.23. The highest BCUT2D eigenvalue weighted by Gasteiger charge is 2.11. The van der Waals surface area contributed by atoms with Crippen molar-refractivity contribution in [3.8, 4) is 0 Å². The zero-order valence-electron chi connectivity index (χ0n) is 9.43. The zero-order chi connectivity index (χ0) is 12.3. The van der Waals surface area contributed by atoms with Gasteiger partial charge >= 0.3 is 5.97 Å². The van der Waals surface area contributed by atoms with Gasteiger partial charge in [-0.3, -0.25) is 4.79 Å². The lowest BCUT2D eigenvalue weighted by Crippen LogP contribution is -2.10. The maximum absolute atomic E-state index is 10.4. The molecular weight excluding hydrogens is 234 g/mol.